The van der Waals surface area contributed by atoms with Crippen LogP contribution in [0.15, 0.2) is 54.6 Å². The highest BCUT2D eigenvalue weighted by molar-refractivity contribution is 5.79. The normalized spacial score (nSPS) is 25.6. The number of para-hydroxylation sites is 1. The van der Waals surface area contributed by atoms with E-state index in [0.29, 0.717) is 51.3 Å². The van der Waals surface area contributed by atoms with Crippen LogP contribution in [-0.4, -0.2) is 60.0 Å². The molecule has 0 aromatic heterocycles. The lowest BCUT2D eigenvalue weighted by Gasteiger charge is -2.44. The number of ether oxygens (including phenoxy) is 2. The summed E-state index contributed by atoms with van der Waals surface area (Å²) in [6.45, 7) is 2.20. The van der Waals surface area contributed by atoms with Crippen molar-refractivity contribution in [1.29, 1.82) is 0 Å². The Labute approximate surface area is 220 Å². The Kier molecular flexibility index (Phi) is 9.60. The number of carbonyl (C=O) groups is 1. The highest BCUT2D eigenvalue weighted by Crippen LogP contribution is 2.44. The molecule has 1 unspecified atom stereocenters. The number of piperidine rings is 1. The van der Waals surface area contributed by atoms with E-state index in [1.807, 2.05) is 59.5 Å². The van der Waals surface area contributed by atoms with Gasteiger partial charge in [-0.25, -0.2) is 0 Å². The minimum atomic E-state index is -1.15. The Morgan fingerprint density at radius 2 is 1.86 bits per heavy atom. The fourth-order valence-electron chi connectivity index (χ4n) is 5.96. The van der Waals surface area contributed by atoms with E-state index < -0.39 is 11.7 Å². The largest absolute Gasteiger partial charge is 0.489 e. The average Bonchev–Trinajstić information content (AvgIpc) is 3.28. The third-order valence-electron chi connectivity index (χ3n) is 8.08. The summed E-state index contributed by atoms with van der Waals surface area (Å²) in [5.74, 6) is 0.343. The maximum absolute atomic E-state index is 13.4. The van der Waals surface area contributed by atoms with Gasteiger partial charge in [-0.15, -0.1) is 0 Å². The second kappa shape index (κ2) is 12.9. The maximum Gasteiger partial charge on any atom is 0.225 e. The molecular weight excluding hydrogens is 468 g/mol. The molecule has 1 saturated heterocycles. The molecule has 37 heavy (non-hydrogen) atoms. The molecule has 2 aromatic rings. The van der Waals surface area contributed by atoms with Crippen molar-refractivity contribution in [1.82, 2.24) is 4.90 Å². The molecule has 1 heterocycles. The van der Waals surface area contributed by atoms with Gasteiger partial charge in [-0.2, -0.15) is 0 Å². The Morgan fingerprint density at radius 3 is 2.59 bits per heavy atom. The monoisotopic (exact) mass is 510 g/mol. The second-order valence-corrected chi connectivity index (χ2v) is 10.7. The zero-order chi connectivity index (χ0) is 26.3. The molecule has 0 radical (unpaired) electrons. The van der Waals surface area contributed by atoms with Crippen molar-refractivity contribution in [2.75, 3.05) is 26.8 Å². The fraction of sp³-hybridized carbons (Fsp3) is 0.567. The lowest BCUT2D eigenvalue weighted by Crippen LogP contribution is -2.49. The Balaban J connectivity index is 1.56. The maximum atomic E-state index is 13.4. The van der Waals surface area contributed by atoms with E-state index >= 15 is 0 Å². The molecule has 4 rings (SSSR count). The number of rotatable bonds is 11. The first kappa shape index (κ1) is 27.6. The van der Waals surface area contributed by atoms with Crippen LogP contribution in [0, 0.1) is 11.8 Å². The molecule has 2 aromatic carbocycles. The summed E-state index contributed by atoms with van der Waals surface area (Å²) in [5.41, 5.74) is 6.68. The van der Waals surface area contributed by atoms with Crippen molar-refractivity contribution >= 4 is 5.91 Å². The first-order valence-electron chi connectivity index (χ1n) is 13.6. The minimum Gasteiger partial charge on any atom is -0.489 e. The summed E-state index contributed by atoms with van der Waals surface area (Å²) in [4.78, 5) is 15.2. The summed E-state index contributed by atoms with van der Waals surface area (Å²) in [5, 5.41) is 22.5. The topological polar surface area (TPSA) is 105 Å². The number of nitrogens with zero attached hydrogens (tertiary/aromatic N) is 1. The standard InChI is InChI=1S/C30H42N2O5/c1-36-17-8-7-15-30(35,25-13-5-6-14-28(25)37-21-22-10-3-2-4-11-22)24-12-9-16-32(20-24)29(34)23-18-26(31)27(33)19-23/h2-6,10-11,13-14,23-24,26-27,33,35H,7-9,12,15-21,31H2,1H3/t23-,24?,26+,27-,30-/m0/s1. The van der Waals surface area contributed by atoms with Crippen molar-refractivity contribution in [3.8, 4) is 5.75 Å². The summed E-state index contributed by atoms with van der Waals surface area (Å²) in [6.07, 6.45) is 4.15. The Bertz CT molecular complexity index is 992. The van der Waals surface area contributed by atoms with Crippen LogP contribution in [0.3, 0.4) is 0 Å². The van der Waals surface area contributed by atoms with Crippen molar-refractivity contribution in [3.63, 3.8) is 0 Å². The van der Waals surface area contributed by atoms with Gasteiger partial charge >= 0.3 is 0 Å². The summed E-state index contributed by atoms with van der Waals surface area (Å²) < 4.78 is 11.5. The van der Waals surface area contributed by atoms with Gasteiger partial charge in [0.15, 0.2) is 0 Å². The van der Waals surface area contributed by atoms with Gasteiger partial charge in [-0.1, -0.05) is 48.5 Å². The van der Waals surface area contributed by atoms with Crippen molar-refractivity contribution in [3.05, 3.63) is 65.7 Å². The molecule has 7 nitrogen and oxygen atoms in total. The number of aliphatic hydroxyl groups is 2. The number of nitrogens with two attached hydrogens (primary N) is 1. The number of carbonyl (C=O) groups excluding carboxylic acids is 1. The van der Waals surface area contributed by atoms with E-state index in [1.165, 1.54) is 0 Å². The quantitative estimate of drug-likeness (QED) is 0.399. The van der Waals surface area contributed by atoms with Crippen LogP contribution >= 0.6 is 0 Å². The lowest BCUT2D eigenvalue weighted by atomic mass is 9.73. The van der Waals surface area contributed by atoms with E-state index in [1.54, 1.807) is 7.11 Å². The zero-order valence-electron chi connectivity index (χ0n) is 21.9. The van der Waals surface area contributed by atoms with Gasteiger partial charge in [0.1, 0.15) is 12.4 Å². The van der Waals surface area contributed by atoms with Crippen molar-refractivity contribution in [2.45, 2.75) is 69.3 Å². The first-order chi connectivity index (χ1) is 17.9. The number of amides is 1. The minimum absolute atomic E-state index is 0.0482. The summed E-state index contributed by atoms with van der Waals surface area (Å²) in [7, 11) is 1.69. The van der Waals surface area contributed by atoms with E-state index in [-0.39, 0.29) is 23.8 Å². The molecule has 1 aliphatic carbocycles. The molecule has 0 bridgehead atoms. The number of hydrogen-bond acceptors (Lipinski definition) is 6. The van der Waals surface area contributed by atoms with Gasteiger partial charge in [-0.3, -0.25) is 4.79 Å². The van der Waals surface area contributed by atoms with Crippen molar-refractivity contribution < 1.29 is 24.5 Å². The van der Waals surface area contributed by atoms with E-state index in [0.717, 1.165) is 36.8 Å². The van der Waals surface area contributed by atoms with Gasteiger partial charge in [0, 0.05) is 50.2 Å². The molecule has 202 valence electrons. The number of hydrogen-bond donors (Lipinski definition) is 3. The van der Waals surface area contributed by atoms with Crippen molar-refractivity contribution in [2.24, 2.45) is 17.6 Å². The predicted octanol–water partition coefficient (Wildman–Crippen LogP) is 3.61. The SMILES string of the molecule is COCCCC[C@@](O)(c1ccccc1OCc1ccccc1)C1CCCN(C(=O)[C@H]2C[C@@H](N)[C@@H](O)C2)C1. The molecule has 1 saturated carbocycles. The van der Waals surface area contributed by atoms with Crippen LogP contribution in [0.5, 0.6) is 5.75 Å². The van der Waals surface area contributed by atoms with Crippen LogP contribution in [0.4, 0.5) is 0 Å². The van der Waals surface area contributed by atoms with Crippen LogP contribution in [0.1, 0.15) is 56.1 Å². The first-order valence-corrected chi connectivity index (χ1v) is 13.6. The molecule has 7 heteroatoms. The van der Waals surface area contributed by atoms with Crippen LogP contribution in [-0.2, 0) is 21.7 Å². The lowest BCUT2D eigenvalue weighted by molar-refractivity contribution is -0.141. The van der Waals surface area contributed by atoms with Gasteiger partial charge in [0.25, 0.3) is 0 Å². The summed E-state index contributed by atoms with van der Waals surface area (Å²) >= 11 is 0. The molecule has 1 amide bonds. The zero-order valence-corrected chi connectivity index (χ0v) is 21.9. The van der Waals surface area contributed by atoms with Crippen LogP contribution in [0.25, 0.3) is 0 Å². The molecule has 4 N–H and O–H groups in total. The predicted molar refractivity (Wildman–Crippen MR) is 143 cm³/mol. The molecule has 1 aliphatic heterocycles. The average molecular weight is 511 g/mol. The van der Waals surface area contributed by atoms with Crippen LogP contribution < -0.4 is 10.5 Å². The Morgan fingerprint density at radius 1 is 1.11 bits per heavy atom. The smallest absolute Gasteiger partial charge is 0.225 e. The highest BCUT2D eigenvalue weighted by Gasteiger charge is 2.44. The van der Waals surface area contributed by atoms with E-state index in [4.69, 9.17) is 15.2 Å². The van der Waals surface area contributed by atoms with Gasteiger partial charge in [-0.05, 0) is 56.6 Å². The van der Waals surface area contributed by atoms with E-state index in [2.05, 4.69) is 0 Å². The highest BCUT2D eigenvalue weighted by atomic mass is 16.5. The summed E-state index contributed by atoms with van der Waals surface area (Å²) in [6, 6.07) is 17.4. The molecule has 2 aliphatic rings. The van der Waals surface area contributed by atoms with E-state index in [9.17, 15) is 15.0 Å². The van der Waals surface area contributed by atoms with Crippen LogP contribution in [0.2, 0.25) is 0 Å². The third-order valence-corrected chi connectivity index (χ3v) is 8.08. The van der Waals surface area contributed by atoms with Gasteiger partial charge in [0.05, 0.1) is 11.7 Å². The number of unbranched alkanes of at least 4 members (excludes halogenated alkanes) is 1. The second-order valence-electron chi connectivity index (χ2n) is 10.7. The number of benzene rings is 2. The molecule has 2 fully saturated rings. The van der Waals surface area contributed by atoms with Gasteiger partial charge in [0.2, 0.25) is 5.91 Å². The number of likely N-dealkylation sites (tertiary alicyclic amines) is 1. The third kappa shape index (κ3) is 6.71. The molecule has 5 atom stereocenters. The Hall–Kier alpha value is -2.45. The number of aliphatic hydroxyl groups excluding tert-OH is 1. The van der Waals surface area contributed by atoms with Gasteiger partial charge < -0.3 is 30.3 Å². The fourth-order valence-corrected chi connectivity index (χ4v) is 5.96. The molecule has 0 spiro atoms. The molecular formula is C30H42N2O5. The number of methoxy groups -OCH3 is 1.